The molecule has 1 unspecified atom stereocenters. The van der Waals surface area contributed by atoms with Crippen molar-refractivity contribution < 1.29 is 4.79 Å². The molecule has 1 fully saturated rings. The number of carbonyl (C=O) groups excluding carboxylic acids is 1. The molecule has 0 saturated carbocycles. The summed E-state index contributed by atoms with van der Waals surface area (Å²) in [6, 6.07) is 5.18. The van der Waals surface area contributed by atoms with Gasteiger partial charge < -0.3 is 16.0 Å². The zero-order chi connectivity index (χ0) is 16.5. The number of fused-ring (bicyclic) bond motifs is 1. The maximum absolute atomic E-state index is 12.7. The Morgan fingerprint density at radius 3 is 3.04 bits per heavy atom. The molecule has 3 aromatic heterocycles. The third kappa shape index (κ3) is 2.65. The molecule has 0 aromatic carbocycles. The fourth-order valence-electron chi connectivity index (χ4n) is 3.00. The Hall–Kier alpha value is -2.74. The lowest BCUT2D eigenvalue weighted by Gasteiger charge is -2.25. The summed E-state index contributed by atoms with van der Waals surface area (Å²) in [5.74, 6) is 1.20. The van der Waals surface area contributed by atoms with Crippen LogP contribution in [0, 0.1) is 0 Å². The fourth-order valence-corrected chi connectivity index (χ4v) is 3.73. The molecule has 0 radical (unpaired) electrons. The molecule has 3 aromatic rings. The van der Waals surface area contributed by atoms with Crippen LogP contribution in [-0.4, -0.2) is 33.4 Å². The van der Waals surface area contributed by atoms with E-state index in [0.717, 1.165) is 35.4 Å². The van der Waals surface area contributed by atoms with Gasteiger partial charge in [-0.15, -0.1) is 11.3 Å². The van der Waals surface area contributed by atoms with E-state index in [1.54, 1.807) is 36.0 Å². The molecule has 3 N–H and O–H groups in total. The van der Waals surface area contributed by atoms with Crippen molar-refractivity contribution in [1.29, 1.82) is 0 Å². The molecule has 4 heterocycles. The molecule has 1 amide bonds. The van der Waals surface area contributed by atoms with Gasteiger partial charge in [-0.05, 0) is 36.4 Å². The summed E-state index contributed by atoms with van der Waals surface area (Å²) < 4.78 is 0. The van der Waals surface area contributed by atoms with Crippen molar-refractivity contribution in [3.63, 3.8) is 0 Å². The number of nitrogens with one attached hydrogen (secondary N) is 1. The zero-order valence-electron chi connectivity index (χ0n) is 12.8. The average molecular weight is 340 g/mol. The van der Waals surface area contributed by atoms with Crippen molar-refractivity contribution in [2.75, 3.05) is 22.5 Å². The SMILES string of the molecule is Nc1ccc(NC(=O)C2CCCN2c2ncnc3sccc23)cn1. The highest BCUT2D eigenvalue weighted by atomic mass is 32.1. The standard InChI is InChI=1S/C16H16N6OS/c17-13-4-3-10(8-18-13)21-15(23)12-2-1-6-22(12)14-11-5-7-24-16(11)20-9-19-14/h3-5,7-9,12H,1-2,6H2,(H2,17,18)(H,21,23). The smallest absolute Gasteiger partial charge is 0.247 e. The van der Waals surface area contributed by atoms with Gasteiger partial charge in [0.25, 0.3) is 0 Å². The van der Waals surface area contributed by atoms with Crippen LogP contribution in [0.2, 0.25) is 0 Å². The number of nitrogen functional groups attached to an aromatic ring is 1. The number of thiophene rings is 1. The second-order valence-corrected chi connectivity index (χ2v) is 6.54. The highest BCUT2D eigenvalue weighted by Crippen LogP contribution is 2.32. The minimum Gasteiger partial charge on any atom is -0.384 e. The van der Waals surface area contributed by atoms with Crippen LogP contribution >= 0.6 is 11.3 Å². The van der Waals surface area contributed by atoms with E-state index in [1.807, 2.05) is 11.4 Å². The second-order valence-electron chi connectivity index (χ2n) is 5.65. The van der Waals surface area contributed by atoms with Crippen molar-refractivity contribution in [3.05, 3.63) is 36.1 Å². The minimum absolute atomic E-state index is 0.0546. The molecular weight excluding hydrogens is 324 g/mol. The quantitative estimate of drug-likeness (QED) is 0.759. The van der Waals surface area contributed by atoms with E-state index in [1.165, 1.54) is 0 Å². The molecular formula is C16H16N6OS. The van der Waals surface area contributed by atoms with Crippen LogP contribution in [0.1, 0.15) is 12.8 Å². The first kappa shape index (κ1) is 14.8. The second kappa shape index (κ2) is 6.04. The summed E-state index contributed by atoms with van der Waals surface area (Å²) in [6.45, 7) is 0.806. The number of nitrogens with zero attached hydrogens (tertiary/aromatic N) is 4. The predicted octanol–water partition coefficient (Wildman–Crippen LogP) is 2.28. The molecule has 24 heavy (non-hydrogen) atoms. The minimum atomic E-state index is -0.249. The van der Waals surface area contributed by atoms with E-state index in [-0.39, 0.29) is 11.9 Å². The van der Waals surface area contributed by atoms with Crippen LogP contribution in [0.3, 0.4) is 0 Å². The Bertz CT molecular complexity index is 878. The van der Waals surface area contributed by atoms with Gasteiger partial charge in [-0.2, -0.15) is 0 Å². The third-order valence-electron chi connectivity index (χ3n) is 4.12. The van der Waals surface area contributed by atoms with Crippen LogP contribution in [0.4, 0.5) is 17.3 Å². The van der Waals surface area contributed by atoms with E-state index in [0.29, 0.717) is 11.5 Å². The summed E-state index contributed by atoms with van der Waals surface area (Å²) in [5.41, 5.74) is 6.22. The van der Waals surface area contributed by atoms with Gasteiger partial charge in [-0.1, -0.05) is 0 Å². The Labute approximate surface area is 142 Å². The molecule has 0 aliphatic carbocycles. The largest absolute Gasteiger partial charge is 0.384 e. The van der Waals surface area contributed by atoms with Gasteiger partial charge in [-0.25, -0.2) is 15.0 Å². The highest BCUT2D eigenvalue weighted by molar-refractivity contribution is 7.16. The van der Waals surface area contributed by atoms with E-state index >= 15 is 0 Å². The Morgan fingerprint density at radius 2 is 2.21 bits per heavy atom. The first-order chi connectivity index (χ1) is 11.7. The van der Waals surface area contributed by atoms with Gasteiger partial charge in [0.05, 0.1) is 17.3 Å². The molecule has 4 rings (SSSR count). The van der Waals surface area contributed by atoms with Gasteiger partial charge in [0.2, 0.25) is 5.91 Å². The Balaban J connectivity index is 1.59. The summed E-state index contributed by atoms with van der Waals surface area (Å²) in [4.78, 5) is 28.4. The summed E-state index contributed by atoms with van der Waals surface area (Å²) in [5, 5.41) is 5.90. The number of amides is 1. The Morgan fingerprint density at radius 1 is 1.29 bits per heavy atom. The number of rotatable bonds is 3. The molecule has 1 saturated heterocycles. The van der Waals surface area contributed by atoms with Crippen molar-refractivity contribution in [3.8, 4) is 0 Å². The van der Waals surface area contributed by atoms with Gasteiger partial charge in [0, 0.05) is 6.54 Å². The lowest BCUT2D eigenvalue weighted by Crippen LogP contribution is -2.40. The molecule has 1 atom stereocenters. The lowest BCUT2D eigenvalue weighted by molar-refractivity contribution is -0.117. The van der Waals surface area contributed by atoms with Crippen molar-refractivity contribution in [2.24, 2.45) is 0 Å². The number of anilines is 3. The van der Waals surface area contributed by atoms with Crippen LogP contribution in [0.15, 0.2) is 36.1 Å². The van der Waals surface area contributed by atoms with Crippen molar-refractivity contribution >= 4 is 44.8 Å². The average Bonchev–Trinajstić information content (AvgIpc) is 3.25. The molecule has 0 bridgehead atoms. The zero-order valence-corrected chi connectivity index (χ0v) is 13.7. The first-order valence-corrected chi connectivity index (χ1v) is 8.57. The van der Waals surface area contributed by atoms with Gasteiger partial charge >= 0.3 is 0 Å². The maximum Gasteiger partial charge on any atom is 0.247 e. The van der Waals surface area contributed by atoms with Crippen LogP contribution in [-0.2, 0) is 4.79 Å². The number of aromatic nitrogens is 3. The number of pyridine rings is 1. The molecule has 1 aliphatic rings. The molecule has 122 valence electrons. The number of hydrogen-bond acceptors (Lipinski definition) is 7. The Kier molecular flexibility index (Phi) is 3.73. The van der Waals surface area contributed by atoms with E-state index in [4.69, 9.17) is 5.73 Å². The lowest BCUT2D eigenvalue weighted by atomic mass is 10.2. The maximum atomic E-state index is 12.7. The first-order valence-electron chi connectivity index (χ1n) is 7.69. The normalized spacial score (nSPS) is 17.3. The van der Waals surface area contributed by atoms with Crippen LogP contribution < -0.4 is 16.0 Å². The number of hydrogen-bond donors (Lipinski definition) is 2. The topological polar surface area (TPSA) is 97.0 Å². The number of nitrogens with two attached hydrogens (primary N) is 1. The summed E-state index contributed by atoms with van der Waals surface area (Å²) >= 11 is 1.58. The van der Waals surface area contributed by atoms with Gasteiger partial charge in [0.1, 0.15) is 28.8 Å². The predicted molar refractivity (Wildman–Crippen MR) is 95.1 cm³/mol. The van der Waals surface area contributed by atoms with Crippen molar-refractivity contribution in [1.82, 2.24) is 15.0 Å². The molecule has 8 heteroatoms. The molecule has 7 nitrogen and oxygen atoms in total. The van der Waals surface area contributed by atoms with Crippen LogP contribution in [0.5, 0.6) is 0 Å². The van der Waals surface area contributed by atoms with Crippen LogP contribution in [0.25, 0.3) is 10.2 Å². The van der Waals surface area contributed by atoms with Crippen molar-refractivity contribution in [2.45, 2.75) is 18.9 Å². The highest BCUT2D eigenvalue weighted by Gasteiger charge is 2.32. The summed E-state index contributed by atoms with van der Waals surface area (Å²) in [6.07, 6.45) is 4.87. The molecule has 0 spiro atoms. The summed E-state index contributed by atoms with van der Waals surface area (Å²) in [7, 11) is 0. The molecule has 1 aliphatic heterocycles. The van der Waals surface area contributed by atoms with E-state index in [2.05, 4.69) is 25.2 Å². The monoisotopic (exact) mass is 340 g/mol. The van der Waals surface area contributed by atoms with E-state index in [9.17, 15) is 4.79 Å². The van der Waals surface area contributed by atoms with Gasteiger partial charge in [-0.3, -0.25) is 4.79 Å². The fraction of sp³-hybridized carbons (Fsp3) is 0.250. The third-order valence-corrected chi connectivity index (χ3v) is 4.94. The van der Waals surface area contributed by atoms with E-state index < -0.39 is 0 Å². The number of carbonyl (C=O) groups is 1. The van der Waals surface area contributed by atoms with Gasteiger partial charge in [0.15, 0.2) is 0 Å².